The number of rotatable bonds is 8. The minimum absolute atomic E-state index is 0.904. The van der Waals surface area contributed by atoms with Crippen molar-refractivity contribution in [2.24, 2.45) is 0 Å². The summed E-state index contributed by atoms with van der Waals surface area (Å²) in [6, 6.07) is 91.6. The van der Waals surface area contributed by atoms with Crippen LogP contribution in [0, 0.1) is 0 Å². The fourth-order valence-electron chi connectivity index (χ4n) is 10.2. The molecule has 0 aliphatic carbocycles. The predicted octanol–water partition coefficient (Wildman–Crippen LogP) is 16.9. The van der Waals surface area contributed by atoms with Gasteiger partial charge in [0, 0.05) is 55.5 Å². The monoisotopic (exact) mass is 854 g/mol. The summed E-state index contributed by atoms with van der Waals surface area (Å²) in [6.07, 6.45) is 0. The Morgan fingerprint density at radius 1 is 0.284 bits per heavy atom. The van der Waals surface area contributed by atoms with Crippen LogP contribution < -0.4 is 4.90 Å². The molecule has 0 radical (unpaired) electrons. The highest BCUT2D eigenvalue weighted by Crippen LogP contribution is 2.42. The Kier molecular flexibility index (Phi) is 9.14. The largest absolute Gasteiger partial charge is 0.311 e. The Morgan fingerprint density at radius 3 is 1.31 bits per heavy atom. The van der Waals surface area contributed by atoms with Crippen molar-refractivity contribution >= 4 is 71.4 Å². The first kappa shape index (κ1) is 38.5. The molecule has 314 valence electrons. The lowest BCUT2D eigenvalue weighted by Gasteiger charge is -2.26. The van der Waals surface area contributed by atoms with Crippen molar-refractivity contribution in [1.29, 1.82) is 0 Å². The van der Waals surface area contributed by atoms with Crippen LogP contribution in [0.15, 0.2) is 255 Å². The van der Waals surface area contributed by atoms with Crippen LogP contribution in [-0.2, 0) is 0 Å². The first-order valence-electron chi connectivity index (χ1n) is 22.9. The molecule has 0 amide bonds. The van der Waals surface area contributed by atoms with E-state index in [1.54, 1.807) is 0 Å². The molecule has 0 spiro atoms. The summed E-state index contributed by atoms with van der Waals surface area (Å²) >= 11 is 0. The maximum Gasteiger partial charge on any atom is 0.145 e. The van der Waals surface area contributed by atoms with Gasteiger partial charge in [-0.15, -0.1) is 0 Å². The number of para-hydroxylation sites is 3. The first-order chi connectivity index (χ1) is 33.2. The molecule has 4 heteroatoms. The van der Waals surface area contributed by atoms with Crippen molar-refractivity contribution in [2.75, 3.05) is 4.90 Å². The van der Waals surface area contributed by atoms with Gasteiger partial charge in [0.1, 0.15) is 5.82 Å². The quantitative estimate of drug-likeness (QED) is 0.142. The number of anilines is 3. The number of aromatic nitrogens is 3. The summed E-state index contributed by atoms with van der Waals surface area (Å²) in [7, 11) is 0. The molecule has 67 heavy (non-hydrogen) atoms. The lowest BCUT2D eigenvalue weighted by Crippen LogP contribution is -2.10. The van der Waals surface area contributed by atoms with Gasteiger partial charge in [-0.05, 0) is 124 Å². The highest BCUT2D eigenvalue weighted by atomic mass is 15.1. The van der Waals surface area contributed by atoms with Gasteiger partial charge in [-0.3, -0.25) is 4.57 Å². The molecular formula is C63H42N4. The Morgan fingerprint density at radius 2 is 0.701 bits per heavy atom. The Bertz CT molecular complexity index is 3930. The Hall–Kier alpha value is -8.99. The van der Waals surface area contributed by atoms with Gasteiger partial charge in [0.05, 0.1) is 22.1 Å². The molecule has 0 saturated carbocycles. The normalized spacial score (nSPS) is 11.6. The topological polar surface area (TPSA) is 26.0 Å². The highest BCUT2D eigenvalue weighted by Gasteiger charge is 2.21. The molecular weight excluding hydrogens is 813 g/mol. The standard InChI is InChI=1S/C63H42N4/c1-4-16-43(17-5-1)44-28-35-50(36-29-44)65(51-37-30-45(31-38-51)47-34-41-60-58(42-47)55-24-14-15-27-59(55)66(60)48-18-6-2-7-19-48)52-39-32-46(33-40-52)63-64-61-56-25-12-10-22-53(56)54-23-11-13-26-57(54)62(61)67(63)49-20-8-3-9-21-49/h1-42H. The minimum atomic E-state index is 0.904. The van der Waals surface area contributed by atoms with Crippen LogP contribution in [0.3, 0.4) is 0 Å². The summed E-state index contributed by atoms with van der Waals surface area (Å²) in [4.78, 5) is 7.85. The molecule has 0 atom stereocenters. The van der Waals surface area contributed by atoms with Crippen molar-refractivity contribution in [1.82, 2.24) is 14.1 Å². The van der Waals surface area contributed by atoms with Crippen molar-refractivity contribution in [3.8, 4) is 45.0 Å². The third-order valence-electron chi connectivity index (χ3n) is 13.3. The van der Waals surface area contributed by atoms with Gasteiger partial charge in [-0.2, -0.15) is 0 Å². The van der Waals surface area contributed by atoms with Crippen LogP contribution in [0.1, 0.15) is 0 Å². The molecule has 0 saturated heterocycles. The van der Waals surface area contributed by atoms with E-state index in [4.69, 9.17) is 4.98 Å². The number of nitrogens with zero attached hydrogens (tertiary/aromatic N) is 4. The lowest BCUT2D eigenvalue weighted by atomic mass is 10.00. The van der Waals surface area contributed by atoms with Gasteiger partial charge < -0.3 is 9.47 Å². The molecule has 0 N–H and O–H groups in total. The third kappa shape index (κ3) is 6.49. The van der Waals surface area contributed by atoms with E-state index < -0.39 is 0 Å². The first-order valence-corrected chi connectivity index (χ1v) is 22.9. The van der Waals surface area contributed by atoms with Crippen molar-refractivity contribution in [3.05, 3.63) is 255 Å². The maximum absolute atomic E-state index is 5.51. The zero-order valence-electron chi connectivity index (χ0n) is 36.5. The second kappa shape index (κ2) is 15.9. The molecule has 0 aliphatic rings. The molecule has 4 nitrogen and oxygen atoms in total. The molecule has 0 fully saturated rings. The van der Waals surface area contributed by atoms with E-state index >= 15 is 0 Å². The Balaban J connectivity index is 0.926. The number of hydrogen-bond donors (Lipinski definition) is 0. The van der Waals surface area contributed by atoms with E-state index in [-0.39, 0.29) is 0 Å². The van der Waals surface area contributed by atoms with Crippen LogP contribution in [0.4, 0.5) is 17.1 Å². The van der Waals surface area contributed by atoms with Crippen LogP contribution in [-0.4, -0.2) is 14.1 Å². The van der Waals surface area contributed by atoms with Gasteiger partial charge >= 0.3 is 0 Å². The van der Waals surface area contributed by atoms with Gasteiger partial charge in [-0.25, -0.2) is 4.98 Å². The fraction of sp³-hybridized carbons (Fsp3) is 0. The highest BCUT2D eigenvalue weighted by molar-refractivity contribution is 6.24. The van der Waals surface area contributed by atoms with Crippen molar-refractivity contribution < 1.29 is 0 Å². The average molecular weight is 855 g/mol. The van der Waals surface area contributed by atoms with Crippen molar-refractivity contribution in [3.63, 3.8) is 0 Å². The second-order valence-electron chi connectivity index (χ2n) is 17.2. The molecule has 0 bridgehead atoms. The molecule has 11 aromatic carbocycles. The average Bonchev–Trinajstić information content (AvgIpc) is 3.97. The molecule has 2 heterocycles. The van der Waals surface area contributed by atoms with Crippen LogP contribution >= 0.6 is 0 Å². The summed E-state index contributed by atoms with van der Waals surface area (Å²) in [6.45, 7) is 0. The summed E-state index contributed by atoms with van der Waals surface area (Å²) < 4.78 is 4.71. The molecule has 0 unspecified atom stereocenters. The lowest BCUT2D eigenvalue weighted by molar-refractivity contribution is 1.11. The zero-order chi connectivity index (χ0) is 44.3. The number of fused-ring (bicyclic) bond motifs is 9. The van der Waals surface area contributed by atoms with Gasteiger partial charge in [-0.1, -0.05) is 164 Å². The van der Waals surface area contributed by atoms with E-state index in [9.17, 15) is 0 Å². The van der Waals surface area contributed by atoms with E-state index in [0.717, 1.165) is 61.8 Å². The van der Waals surface area contributed by atoms with Gasteiger partial charge in [0.15, 0.2) is 0 Å². The summed E-state index contributed by atoms with van der Waals surface area (Å²) in [5.74, 6) is 0.904. The molecule has 13 aromatic rings. The maximum atomic E-state index is 5.51. The van der Waals surface area contributed by atoms with E-state index in [1.807, 2.05) is 0 Å². The van der Waals surface area contributed by atoms with Crippen LogP contribution in [0.2, 0.25) is 0 Å². The molecule has 2 aromatic heterocycles. The predicted molar refractivity (Wildman–Crippen MR) is 281 cm³/mol. The van der Waals surface area contributed by atoms with Crippen molar-refractivity contribution in [2.45, 2.75) is 0 Å². The van der Waals surface area contributed by atoms with Crippen LogP contribution in [0.5, 0.6) is 0 Å². The van der Waals surface area contributed by atoms with Gasteiger partial charge in [0.2, 0.25) is 0 Å². The zero-order valence-corrected chi connectivity index (χ0v) is 36.5. The third-order valence-corrected chi connectivity index (χ3v) is 13.3. The summed E-state index contributed by atoms with van der Waals surface area (Å²) in [5.41, 5.74) is 15.7. The number of hydrogen-bond acceptors (Lipinski definition) is 2. The molecule has 0 aliphatic heterocycles. The fourth-order valence-corrected chi connectivity index (χ4v) is 10.2. The van der Waals surface area contributed by atoms with E-state index in [0.29, 0.717) is 0 Å². The minimum Gasteiger partial charge on any atom is -0.311 e. The van der Waals surface area contributed by atoms with Crippen LogP contribution in [0.25, 0.3) is 99.4 Å². The summed E-state index contributed by atoms with van der Waals surface area (Å²) in [5, 5.41) is 7.25. The molecule has 13 rings (SSSR count). The van der Waals surface area contributed by atoms with Gasteiger partial charge in [0.25, 0.3) is 0 Å². The number of benzene rings is 11. The van der Waals surface area contributed by atoms with E-state index in [2.05, 4.69) is 269 Å². The number of imidazole rings is 1. The van der Waals surface area contributed by atoms with E-state index in [1.165, 1.54) is 54.7 Å². The second-order valence-corrected chi connectivity index (χ2v) is 17.2. The smallest absolute Gasteiger partial charge is 0.145 e. The SMILES string of the molecule is c1ccc(-c2ccc(N(c3ccc(-c4ccc5c(c4)c4ccccc4n5-c4ccccc4)cc3)c3ccc(-c4nc5c6ccccc6c6ccccc6c5n4-c4ccccc4)cc3)cc2)cc1. The Labute approximate surface area is 388 Å².